The van der Waals surface area contributed by atoms with E-state index in [-0.39, 0.29) is 6.03 Å². The number of amides is 2. The van der Waals surface area contributed by atoms with E-state index in [9.17, 15) is 4.79 Å². The minimum Gasteiger partial charge on any atom is -0.338 e. The van der Waals surface area contributed by atoms with Crippen LogP contribution in [0.3, 0.4) is 0 Å². The van der Waals surface area contributed by atoms with Crippen molar-refractivity contribution in [2.75, 3.05) is 11.9 Å². The third-order valence-electron chi connectivity index (χ3n) is 2.37. The summed E-state index contributed by atoms with van der Waals surface area (Å²) in [5.41, 5.74) is 0. The Bertz CT molecular complexity index is 603. The van der Waals surface area contributed by atoms with E-state index in [1.165, 1.54) is 0 Å². The van der Waals surface area contributed by atoms with Crippen molar-refractivity contribution in [3.63, 3.8) is 0 Å². The van der Waals surface area contributed by atoms with Crippen molar-refractivity contribution in [1.82, 2.24) is 10.3 Å². The first-order valence-electron chi connectivity index (χ1n) is 5.40. The maximum absolute atomic E-state index is 11.4. The second kappa shape index (κ2) is 5.54. The fourth-order valence-electron chi connectivity index (χ4n) is 1.56. The van der Waals surface area contributed by atoms with Crippen LogP contribution in [0.4, 0.5) is 10.6 Å². The van der Waals surface area contributed by atoms with Crippen LogP contribution in [0.5, 0.6) is 0 Å². The van der Waals surface area contributed by atoms with E-state index in [1.54, 1.807) is 18.3 Å². The van der Waals surface area contributed by atoms with Gasteiger partial charge in [-0.15, -0.1) is 0 Å². The van der Waals surface area contributed by atoms with E-state index in [2.05, 4.69) is 31.5 Å². The monoisotopic (exact) mass is 327 g/mol. The predicted molar refractivity (Wildman–Crippen MR) is 77.1 cm³/mol. The molecule has 18 heavy (non-hydrogen) atoms. The minimum absolute atomic E-state index is 0.275. The molecule has 0 aliphatic rings. The van der Waals surface area contributed by atoms with Gasteiger partial charge < -0.3 is 5.32 Å². The Morgan fingerprint density at radius 1 is 1.44 bits per heavy atom. The Labute approximate surface area is 118 Å². The average Bonchev–Trinajstić information content (AvgIpc) is 2.34. The van der Waals surface area contributed by atoms with Gasteiger partial charge in [0.2, 0.25) is 0 Å². The molecule has 2 rings (SSSR count). The summed E-state index contributed by atoms with van der Waals surface area (Å²) in [6, 6.07) is 5.16. The molecule has 0 atom stereocenters. The zero-order valence-corrected chi connectivity index (χ0v) is 12.0. The number of nitrogens with one attached hydrogen (secondary N) is 2. The van der Waals surface area contributed by atoms with Crippen molar-refractivity contribution >= 4 is 50.2 Å². The normalized spacial score (nSPS) is 10.4. The molecule has 0 saturated heterocycles. The zero-order chi connectivity index (χ0) is 13.1. The summed E-state index contributed by atoms with van der Waals surface area (Å²) in [6.45, 7) is 2.42. The number of hydrogen-bond donors (Lipinski definition) is 2. The van der Waals surface area contributed by atoms with Crippen LogP contribution >= 0.6 is 27.5 Å². The van der Waals surface area contributed by atoms with Crippen LogP contribution < -0.4 is 10.6 Å². The van der Waals surface area contributed by atoms with Gasteiger partial charge in [-0.2, -0.15) is 0 Å². The quantitative estimate of drug-likeness (QED) is 0.881. The Morgan fingerprint density at radius 3 is 2.94 bits per heavy atom. The second-order valence-electron chi connectivity index (χ2n) is 3.63. The van der Waals surface area contributed by atoms with Crippen molar-refractivity contribution < 1.29 is 4.79 Å². The molecule has 1 aromatic carbocycles. The zero-order valence-electron chi connectivity index (χ0n) is 9.63. The van der Waals surface area contributed by atoms with Gasteiger partial charge in [-0.3, -0.25) is 5.32 Å². The highest BCUT2D eigenvalue weighted by Gasteiger charge is 2.07. The van der Waals surface area contributed by atoms with Gasteiger partial charge in [-0.1, -0.05) is 27.5 Å². The Balaban J connectivity index is 2.38. The third kappa shape index (κ3) is 2.73. The molecule has 0 bridgehead atoms. The van der Waals surface area contributed by atoms with E-state index < -0.39 is 0 Å². The fraction of sp³-hybridized carbons (Fsp3) is 0.167. The summed E-state index contributed by atoms with van der Waals surface area (Å²) in [4.78, 5) is 15.6. The summed E-state index contributed by atoms with van der Waals surface area (Å²) in [5.74, 6) is 0.483. The lowest BCUT2D eigenvalue weighted by atomic mass is 10.2. The average molecular weight is 329 g/mol. The number of aromatic nitrogens is 1. The highest BCUT2D eigenvalue weighted by molar-refractivity contribution is 9.10. The molecule has 0 fully saturated rings. The first-order valence-corrected chi connectivity index (χ1v) is 6.57. The summed E-state index contributed by atoms with van der Waals surface area (Å²) < 4.78 is 0.906. The second-order valence-corrected chi connectivity index (χ2v) is 4.89. The van der Waals surface area contributed by atoms with E-state index in [0.29, 0.717) is 17.4 Å². The van der Waals surface area contributed by atoms with Gasteiger partial charge in [0.05, 0.1) is 5.02 Å². The molecule has 4 nitrogen and oxygen atoms in total. The molecule has 0 spiro atoms. The number of hydrogen-bond acceptors (Lipinski definition) is 2. The number of nitrogens with zero attached hydrogens (tertiary/aromatic N) is 1. The van der Waals surface area contributed by atoms with Crippen molar-refractivity contribution in [3.05, 3.63) is 33.9 Å². The summed E-state index contributed by atoms with van der Waals surface area (Å²) in [7, 11) is 0. The van der Waals surface area contributed by atoms with Crippen LogP contribution in [-0.2, 0) is 0 Å². The maximum atomic E-state index is 11.4. The number of fused-ring (bicyclic) bond motifs is 1. The number of anilines is 1. The lowest BCUT2D eigenvalue weighted by molar-refractivity contribution is 0.252. The Kier molecular flexibility index (Phi) is 4.04. The predicted octanol–water partition coefficient (Wildman–Crippen LogP) is 3.79. The van der Waals surface area contributed by atoms with Crippen molar-refractivity contribution in [2.45, 2.75) is 6.92 Å². The smallest absolute Gasteiger partial charge is 0.320 e. The van der Waals surface area contributed by atoms with Crippen LogP contribution in [0.15, 0.2) is 28.9 Å². The topological polar surface area (TPSA) is 54.0 Å². The van der Waals surface area contributed by atoms with E-state index in [1.807, 2.05) is 13.0 Å². The standard InChI is InChI=1S/C12H11BrClN3O/c1-2-15-12(18)17-11-5-7-8(6-16-11)10(14)4-3-9(7)13/h3-6H,2H2,1H3,(H2,15,16,17,18). The number of benzene rings is 1. The van der Waals surface area contributed by atoms with Gasteiger partial charge in [-0.05, 0) is 25.1 Å². The van der Waals surface area contributed by atoms with Gasteiger partial charge in [0.15, 0.2) is 0 Å². The van der Waals surface area contributed by atoms with Gasteiger partial charge in [-0.25, -0.2) is 9.78 Å². The van der Waals surface area contributed by atoms with Gasteiger partial charge in [0.25, 0.3) is 0 Å². The highest BCUT2D eigenvalue weighted by Crippen LogP contribution is 2.30. The molecule has 2 N–H and O–H groups in total. The number of pyridine rings is 1. The molecule has 0 unspecified atom stereocenters. The molecule has 6 heteroatoms. The van der Waals surface area contributed by atoms with Crippen LogP contribution in [0, 0.1) is 0 Å². The molecule has 2 amide bonds. The first kappa shape index (κ1) is 13.1. The van der Waals surface area contributed by atoms with Crippen LogP contribution in [-0.4, -0.2) is 17.6 Å². The highest BCUT2D eigenvalue weighted by atomic mass is 79.9. The molecular weight excluding hydrogens is 318 g/mol. The number of urea groups is 1. The van der Waals surface area contributed by atoms with Crippen molar-refractivity contribution in [2.24, 2.45) is 0 Å². The van der Waals surface area contributed by atoms with Gasteiger partial charge in [0.1, 0.15) is 5.82 Å². The number of halogens is 2. The molecule has 0 saturated carbocycles. The van der Waals surface area contributed by atoms with Gasteiger partial charge >= 0.3 is 6.03 Å². The third-order valence-corrected chi connectivity index (χ3v) is 3.39. The first-order chi connectivity index (χ1) is 8.61. The Hall–Kier alpha value is -1.33. The SMILES string of the molecule is CCNC(=O)Nc1cc2c(Br)ccc(Cl)c2cn1. The summed E-state index contributed by atoms with van der Waals surface area (Å²) in [5, 5.41) is 7.67. The van der Waals surface area contributed by atoms with E-state index in [0.717, 1.165) is 15.2 Å². The molecule has 1 heterocycles. The number of carbonyl (C=O) groups is 1. The number of rotatable bonds is 2. The molecule has 2 aromatic rings. The Morgan fingerprint density at radius 2 is 2.22 bits per heavy atom. The maximum Gasteiger partial charge on any atom is 0.320 e. The lowest BCUT2D eigenvalue weighted by Crippen LogP contribution is -2.28. The van der Waals surface area contributed by atoms with Crippen LogP contribution in [0.2, 0.25) is 5.02 Å². The number of carbonyl (C=O) groups excluding carboxylic acids is 1. The molecule has 0 aliphatic carbocycles. The lowest BCUT2D eigenvalue weighted by Gasteiger charge is -2.07. The van der Waals surface area contributed by atoms with Crippen molar-refractivity contribution in [1.29, 1.82) is 0 Å². The fourth-order valence-corrected chi connectivity index (χ4v) is 2.23. The molecule has 94 valence electrons. The van der Waals surface area contributed by atoms with Crippen LogP contribution in [0.1, 0.15) is 6.92 Å². The van der Waals surface area contributed by atoms with Gasteiger partial charge in [0, 0.05) is 28.0 Å². The molecule has 0 aliphatic heterocycles. The summed E-state index contributed by atoms with van der Waals surface area (Å²) in [6.07, 6.45) is 1.64. The van der Waals surface area contributed by atoms with E-state index >= 15 is 0 Å². The van der Waals surface area contributed by atoms with Crippen molar-refractivity contribution in [3.8, 4) is 0 Å². The van der Waals surface area contributed by atoms with Crippen LogP contribution in [0.25, 0.3) is 10.8 Å². The molecule has 0 radical (unpaired) electrons. The van der Waals surface area contributed by atoms with E-state index in [4.69, 9.17) is 11.6 Å². The minimum atomic E-state index is -0.275. The molecular formula is C12H11BrClN3O. The summed E-state index contributed by atoms with van der Waals surface area (Å²) >= 11 is 9.52. The molecule has 1 aromatic heterocycles. The largest absolute Gasteiger partial charge is 0.338 e.